The van der Waals surface area contributed by atoms with Gasteiger partial charge in [-0.25, -0.2) is 5.01 Å². The largest absolute Gasteiger partial charge is 0.284 e. The molecule has 1 amide bonds. The lowest BCUT2D eigenvalue weighted by molar-refractivity contribution is 0.0776. The molecule has 3 aromatic rings. The average Bonchev–Trinajstić information content (AvgIpc) is 2.68. The van der Waals surface area contributed by atoms with Crippen molar-refractivity contribution in [2.24, 2.45) is 0 Å². The molecule has 0 fully saturated rings. The Kier molecular flexibility index (Phi) is 6.76. The molecule has 2 aromatic heterocycles. The average molecular weight is 401 g/mol. The molecule has 5 nitrogen and oxygen atoms in total. The van der Waals surface area contributed by atoms with E-state index < -0.39 is 0 Å². The maximum absolute atomic E-state index is 12.5. The van der Waals surface area contributed by atoms with Crippen molar-refractivity contribution in [1.29, 1.82) is 0 Å². The van der Waals surface area contributed by atoms with E-state index in [1.165, 1.54) is 6.20 Å². The van der Waals surface area contributed by atoms with E-state index in [9.17, 15) is 4.79 Å². The van der Waals surface area contributed by atoms with Crippen LogP contribution in [0.4, 0.5) is 0 Å². The van der Waals surface area contributed by atoms with Gasteiger partial charge in [-0.3, -0.25) is 20.2 Å². The SMILES string of the molecule is O=C(NN(CCc1ccc(Cl)cc1Cl)Cc1ccncc1)c1cccnc1. The summed E-state index contributed by atoms with van der Waals surface area (Å²) in [5, 5.41) is 3.07. The quantitative estimate of drug-likeness (QED) is 0.604. The van der Waals surface area contributed by atoms with E-state index in [4.69, 9.17) is 23.2 Å². The molecule has 1 aromatic carbocycles. The molecule has 27 heavy (non-hydrogen) atoms. The standard InChI is InChI=1S/C20H18Cl2N4O/c21-18-4-3-16(19(22)12-18)7-11-26(14-15-5-9-23-10-6-15)25-20(27)17-2-1-8-24-13-17/h1-6,8-10,12-13H,7,11,14H2,(H,25,27). The molecule has 0 saturated carbocycles. The summed E-state index contributed by atoms with van der Waals surface area (Å²) in [6.45, 7) is 1.12. The molecule has 1 N–H and O–H groups in total. The van der Waals surface area contributed by atoms with Crippen LogP contribution in [0.5, 0.6) is 0 Å². The number of carbonyl (C=O) groups excluding carboxylic acids is 1. The summed E-state index contributed by atoms with van der Waals surface area (Å²) in [6, 6.07) is 12.7. The fraction of sp³-hybridized carbons (Fsp3) is 0.150. The molecule has 0 unspecified atom stereocenters. The Bertz CT molecular complexity index is 891. The van der Waals surface area contributed by atoms with Crippen molar-refractivity contribution < 1.29 is 4.79 Å². The lowest BCUT2D eigenvalue weighted by Crippen LogP contribution is -2.42. The minimum Gasteiger partial charge on any atom is -0.284 e. The van der Waals surface area contributed by atoms with Gasteiger partial charge in [0.15, 0.2) is 0 Å². The third-order valence-corrected chi connectivity index (χ3v) is 4.56. The van der Waals surface area contributed by atoms with Crippen LogP contribution in [0.15, 0.2) is 67.3 Å². The summed E-state index contributed by atoms with van der Waals surface area (Å²) < 4.78 is 0. The molecule has 0 saturated heterocycles. The summed E-state index contributed by atoms with van der Waals surface area (Å²) in [5.41, 5.74) is 5.46. The van der Waals surface area contributed by atoms with E-state index in [2.05, 4.69) is 15.4 Å². The first-order valence-electron chi connectivity index (χ1n) is 8.40. The minimum absolute atomic E-state index is 0.209. The molecule has 138 valence electrons. The molecule has 3 rings (SSSR count). The lowest BCUT2D eigenvalue weighted by atomic mass is 10.1. The predicted octanol–water partition coefficient (Wildman–Crippen LogP) is 4.17. The molecule has 0 aliphatic rings. The van der Waals surface area contributed by atoms with Crippen LogP contribution in [-0.2, 0) is 13.0 Å². The van der Waals surface area contributed by atoms with Crippen LogP contribution in [0.25, 0.3) is 0 Å². The van der Waals surface area contributed by atoms with Gasteiger partial charge in [-0.1, -0.05) is 29.3 Å². The number of nitrogens with zero attached hydrogens (tertiary/aromatic N) is 3. The zero-order chi connectivity index (χ0) is 19.1. The summed E-state index contributed by atoms with van der Waals surface area (Å²) in [5.74, 6) is -0.209. The Balaban J connectivity index is 1.71. The lowest BCUT2D eigenvalue weighted by Gasteiger charge is -2.23. The number of halogens is 2. The summed E-state index contributed by atoms with van der Waals surface area (Å²) in [4.78, 5) is 20.5. The highest BCUT2D eigenvalue weighted by Gasteiger charge is 2.13. The topological polar surface area (TPSA) is 58.1 Å². The van der Waals surface area contributed by atoms with E-state index in [1.54, 1.807) is 36.8 Å². The zero-order valence-corrected chi connectivity index (χ0v) is 16.0. The Morgan fingerprint density at radius 2 is 1.85 bits per heavy atom. The van der Waals surface area contributed by atoms with Crippen molar-refractivity contribution in [2.75, 3.05) is 6.54 Å². The van der Waals surface area contributed by atoms with Crippen LogP contribution in [0.3, 0.4) is 0 Å². The Hall–Kier alpha value is -2.47. The third kappa shape index (κ3) is 5.76. The van der Waals surface area contributed by atoms with Gasteiger partial charge in [0.1, 0.15) is 0 Å². The number of carbonyl (C=O) groups is 1. The second-order valence-electron chi connectivity index (χ2n) is 5.95. The second-order valence-corrected chi connectivity index (χ2v) is 6.79. The van der Waals surface area contributed by atoms with E-state index in [1.807, 2.05) is 29.3 Å². The van der Waals surface area contributed by atoms with Crippen molar-refractivity contribution >= 4 is 29.1 Å². The first-order chi connectivity index (χ1) is 13.1. The molecule has 7 heteroatoms. The molecular formula is C20H18Cl2N4O. The molecule has 0 radical (unpaired) electrons. The molecule has 0 atom stereocenters. The van der Waals surface area contributed by atoms with Crippen LogP contribution < -0.4 is 5.43 Å². The maximum atomic E-state index is 12.5. The molecule has 2 heterocycles. The van der Waals surface area contributed by atoms with Gasteiger partial charge < -0.3 is 0 Å². The van der Waals surface area contributed by atoms with Crippen molar-refractivity contribution in [2.45, 2.75) is 13.0 Å². The monoisotopic (exact) mass is 400 g/mol. The van der Waals surface area contributed by atoms with Gasteiger partial charge in [-0.15, -0.1) is 0 Å². The first-order valence-corrected chi connectivity index (χ1v) is 9.16. The van der Waals surface area contributed by atoms with E-state index in [0.29, 0.717) is 35.1 Å². The summed E-state index contributed by atoms with van der Waals surface area (Å²) in [6.07, 6.45) is 7.29. The van der Waals surface area contributed by atoms with E-state index in [-0.39, 0.29) is 5.91 Å². The highest BCUT2D eigenvalue weighted by Crippen LogP contribution is 2.21. The highest BCUT2D eigenvalue weighted by atomic mass is 35.5. The van der Waals surface area contributed by atoms with Crippen molar-refractivity contribution in [3.63, 3.8) is 0 Å². The Morgan fingerprint density at radius 3 is 2.56 bits per heavy atom. The van der Waals surface area contributed by atoms with Crippen molar-refractivity contribution in [3.8, 4) is 0 Å². The predicted molar refractivity (Wildman–Crippen MR) is 107 cm³/mol. The zero-order valence-electron chi connectivity index (χ0n) is 14.5. The number of aromatic nitrogens is 2. The fourth-order valence-corrected chi connectivity index (χ4v) is 3.07. The maximum Gasteiger partial charge on any atom is 0.267 e. The molecule has 0 bridgehead atoms. The molecule has 0 aliphatic heterocycles. The number of amides is 1. The normalized spacial score (nSPS) is 10.8. The van der Waals surface area contributed by atoms with E-state index >= 15 is 0 Å². The molecule has 0 spiro atoms. The number of rotatable bonds is 7. The van der Waals surface area contributed by atoms with Gasteiger partial charge in [0.05, 0.1) is 5.56 Å². The van der Waals surface area contributed by atoms with Gasteiger partial charge >= 0.3 is 0 Å². The summed E-state index contributed by atoms with van der Waals surface area (Å²) in [7, 11) is 0. The van der Waals surface area contributed by atoms with Crippen LogP contribution in [0.2, 0.25) is 10.0 Å². The molecular weight excluding hydrogens is 383 g/mol. The van der Waals surface area contributed by atoms with Gasteiger partial charge in [0.2, 0.25) is 0 Å². The van der Waals surface area contributed by atoms with Gasteiger partial charge in [-0.2, -0.15) is 0 Å². The first kappa shape index (κ1) is 19.3. The number of pyridine rings is 2. The van der Waals surface area contributed by atoms with Crippen LogP contribution >= 0.6 is 23.2 Å². The smallest absolute Gasteiger partial charge is 0.267 e. The second kappa shape index (κ2) is 9.46. The van der Waals surface area contributed by atoms with Crippen LogP contribution in [0.1, 0.15) is 21.5 Å². The number of benzene rings is 1. The number of nitrogens with one attached hydrogen (secondary N) is 1. The number of hydrogen-bond acceptors (Lipinski definition) is 4. The number of hydrogen-bond donors (Lipinski definition) is 1. The third-order valence-electron chi connectivity index (χ3n) is 3.97. The van der Waals surface area contributed by atoms with Gasteiger partial charge in [-0.05, 0) is 53.9 Å². The number of hydrazine groups is 1. The van der Waals surface area contributed by atoms with Crippen molar-refractivity contribution in [1.82, 2.24) is 20.4 Å². The van der Waals surface area contributed by atoms with Crippen LogP contribution in [-0.4, -0.2) is 27.4 Å². The Labute approximate surface area is 167 Å². The Morgan fingerprint density at radius 1 is 1.04 bits per heavy atom. The van der Waals surface area contributed by atoms with Gasteiger partial charge in [0.25, 0.3) is 5.91 Å². The van der Waals surface area contributed by atoms with Crippen LogP contribution in [0, 0.1) is 0 Å². The fourth-order valence-electron chi connectivity index (χ4n) is 2.57. The minimum atomic E-state index is -0.209. The molecule has 0 aliphatic carbocycles. The van der Waals surface area contributed by atoms with Gasteiger partial charge in [0, 0.05) is 47.9 Å². The summed E-state index contributed by atoms with van der Waals surface area (Å²) >= 11 is 12.2. The van der Waals surface area contributed by atoms with Crippen molar-refractivity contribution in [3.05, 3.63) is 94.0 Å². The van der Waals surface area contributed by atoms with E-state index in [0.717, 1.165) is 11.1 Å². The highest BCUT2D eigenvalue weighted by molar-refractivity contribution is 6.35.